The molecular weight excluding hydrogens is 215 g/mol. The monoisotopic (exact) mass is 231 g/mol. The summed E-state index contributed by atoms with van der Waals surface area (Å²) in [4.78, 5) is 0. The summed E-state index contributed by atoms with van der Waals surface area (Å²) in [5.74, 6) is -0.280. The van der Waals surface area contributed by atoms with Crippen molar-refractivity contribution in [2.24, 2.45) is 0 Å². The van der Waals surface area contributed by atoms with Crippen LogP contribution in [-0.4, -0.2) is 0 Å². The highest BCUT2D eigenvalue weighted by molar-refractivity contribution is 5.32. The van der Waals surface area contributed by atoms with Gasteiger partial charge in [0.2, 0.25) is 0 Å². The molecule has 17 heavy (non-hydrogen) atoms. The second-order valence-corrected chi connectivity index (χ2v) is 4.07. The van der Waals surface area contributed by atoms with Gasteiger partial charge in [-0.2, -0.15) is 4.57 Å². The summed E-state index contributed by atoms with van der Waals surface area (Å²) < 4.78 is 15.0. The van der Waals surface area contributed by atoms with E-state index in [4.69, 9.17) is 5.73 Å². The molecule has 2 N–H and O–H groups in total. The number of hydrogen-bond donors (Lipinski definition) is 1. The Morgan fingerprint density at radius 2 is 1.88 bits per heavy atom. The van der Waals surface area contributed by atoms with Crippen LogP contribution in [0.25, 0.3) is 0 Å². The molecule has 88 valence electrons. The van der Waals surface area contributed by atoms with E-state index in [0.29, 0.717) is 12.2 Å². The second-order valence-electron chi connectivity index (χ2n) is 4.07. The Bertz CT molecular complexity index is 483. The number of rotatable bonds is 4. The Kier molecular flexibility index (Phi) is 3.70. The van der Waals surface area contributed by atoms with E-state index in [1.54, 1.807) is 16.8 Å². The van der Waals surface area contributed by atoms with Gasteiger partial charge in [-0.05, 0) is 12.0 Å². The van der Waals surface area contributed by atoms with E-state index >= 15 is 0 Å². The molecular formula is C14H16FN2+. The van der Waals surface area contributed by atoms with E-state index in [-0.39, 0.29) is 5.95 Å². The van der Waals surface area contributed by atoms with Crippen LogP contribution in [0.5, 0.6) is 0 Å². The number of hydrogen-bond acceptors (Lipinski definition) is 1. The zero-order valence-corrected chi connectivity index (χ0v) is 9.64. The molecule has 0 saturated heterocycles. The second kappa shape index (κ2) is 5.43. The molecule has 0 fully saturated rings. The van der Waals surface area contributed by atoms with Crippen LogP contribution in [0.4, 0.5) is 10.1 Å². The minimum absolute atomic E-state index is 0.280. The molecule has 3 heteroatoms. The van der Waals surface area contributed by atoms with Crippen molar-refractivity contribution in [3.05, 3.63) is 60.2 Å². The van der Waals surface area contributed by atoms with Crippen LogP contribution in [0.15, 0.2) is 48.7 Å². The molecule has 0 aliphatic carbocycles. The van der Waals surface area contributed by atoms with Crippen molar-refractivity contribution < 1.29 is 8.96 Å². The first kappa shape index (κ1) is 11.6. The Morgan fingerprint density at radius 1 is 1.12 bits per heavy atom. The molecule has 0 aliphatic rings. The SMILES string of the molecule is Nc1cc[n+](CCCc2ccccc2)c(F)c1. The molecule has 0 amide bonds. The molecule has 0 saturated carbocycles. The number of nitrogen functional groups attached to an aromatic ring is 1. The Balaban J connectivity index is 1.90. The van der Waals surface area contributed by atoms with Gasteiger partial charge in [-0.3, -0.25) is 0 Å². The minimum Gasteiger partial charge on any atom is -0.398 e. The Hall–Kier alpha value is -1.90. The maximum atomic E-state index is 13.5. The average molecular weight is 231 g/mol. The van der Waals surface area contributed by atoms with Crippen molar-refractivity contribution in [2.75, 3.05) is 5.73 Å². The smallest absolute Gasteiger partial charge is 0.361 e. The third kappa shape index (κ3) is 3.28. The number of aromatic nitrogens is 1. The maximum absolute atomic E-state index is 13.5. The van der Waals surface area contributed by atoms with Crippen molar-refractivity contribution in [3.8, 4) is 0 Å². The number of halogens is 1. The fraction of sp³-hybridized carbons (Fsp3) is 0.214. The predicted octanol–water partition coefficient (Wildman–Crippen LogP) is 2.33. The normalized spacial score (nSPS) is 10.4. The first-order valence-corrected chi connectivity index (χ1v) is 5.74. The number of aryl methyl sites for hydroxylation is 2. The van der Waals surface area contributed by atoms with Crippen LogP contribution in [0.2, 0.25) is 0 Å². The van der Waals surface area contributed by atoms with Gasteiger partial charge in [0.25, 0.3) is 0 Å². The molecule has 0 atom stereocenters. The molecule has 0 aliphatic heterocycles. The van der Waals surface area contributed by atoms with E-state index in [0.717, 1.165) is 12.8 Å². The van der Waals surface area contributed by atoms with Gasteiger partial charge in [-0.25, -0.2) is 0 Å². The van der Waals surface area contributed by atoms with Crippen LogP contribution in [-0.2, 0) is 13.0 Å². The molecule has 2 rings (SSSR count). The first-order chi connectivity index (χ1) is 8.25. The summed E-state index contributed by atoms with van der Waals surface area (Å²) in [6.07, 6.45) is 3.56. The number of benzene rings is 1. The lowest BCUT2D eigenvalue weighted by molar-refractivity contribution is -0.724. The van der Waals surface area contributed by atoms with E-state index < -0.39 is 0 Å². The van der Waals surface area contributed by atoms with Crippen molar-refractivity contribution in [3.63, 3.8) is 0 Å². The molecule has 0 spiro atoms. The van der Waals surface area contributed by atoms with Gasteiger partial charge < -0.3 is 5.73 Å². The molecule has 0 bridgehead atoms. The molecule has 2 nitrogen and oxygen atoms in total. The Labute approximate surface area is 101 Å². The van der Waals surface area contributed by atoms with Crippen molar-refractivity contribution in [2.45, 2.75) is 19.4 Å². The number of pyridine rings is 1. The predicted molar refractivity (Wildman–Crippen MR) is 65.8 cm³/mol. The summed E-state index contributed by atoms with van der Waals surface area (Å²) in [6.45, 7) is 0.668. The third-order valence-corrected chi connectivity index (χ3v) is 2.71. The lowest BCUT2D eigenvalue weighted by Crippen LogP contribution is -2.37. The average Bonchev–Trinajstić information content (AvgIpc) is 2.33. The summed E-state index contributed by atoms with van der Waals surface area (Å²) in [7, 11) is 0. The highest BCUT2D eigenvalue weighted by Crippen LogP contribution is 2.03. The highest BCUT2D eigenvalue weighted by atomic mass is 19.1. The van der Waals surface area contributed by atoms with E-state index in [2.05, 4.69) is 12.1 Å². The van der Waals surface area contributed by atoms with E-state index in [1.807, 2.05) is 18.2 Å². The minimum atomic E-state index is -0.280. The number of nitrogens with zero attached hydrogens (tertiary/aromatic N) is 1. The lowest BCUT2D eigenvalue weighted by Gasteiger charge is -2.00. The van der Waals surface area contributed by atoms with Crippen LogP contribution in [0, 0.1) is 5.95 Å². The van der Waals surface area contributed by atoms with E-state index in [1.165, 1.54) is 11.6 Å². The maximum Gasteiger partial charge on any atom is 0.361 e. The lowest BCUT2D eigenvalue weighted by atomic mass is 10.1. The summed E-state index contributed by atoms with van der Waals surface area (Å²) >= 11 is 0. The van der Waals surface area contributed by atoms with Gasteiger partial charge in [-0.1, -0.05) is 30.3 Å². The van der Waals surface area contributed by atoms with Crippen LogP contribution in [0.3, 0.4) is 0 Å². The largest absolute Gasteiger partial charge is 0.398 e. The Morgan fingerprint density at radius 3 is 2.59 bits per heavy atom. The molecule has 0 radical (unpaired) electrons. The standard InChI is InChI=1S/C14H15FN2/c15-14-11-13(16)8-10-17(14)9-4-7-12-5-2-1-3-6-12/h1-3,5-6,8,10-11,16H,4,7,9H2/p+1. The quantitative estimate of drug-likeness (QED) is 0.635. The molecule has 1 aromatic carbocycles. The van der Waals surface area contributed by atoms with Crippen LogP contribution in [0.1, 0.15) is 12.0 Å². The summed E-state index contributed by atoms with van der Waals surface area (Å²) in [6, 6.07) is 13.3. The summed E-state index contributed by atoms with van der Waals surface area (Å²) in [5, 5.41) is 0. The highest BCUT2D eigenvalue weighted by Gasteiger charge is 2.09. The molecule has 1 aromatic heterocycles. The van der Waals surface area contributed by atoms with Crippen LogP contribution < -0.4 is 10.3 Å². The fourth-order valence-electron chi connectivity index (χ4n) is 1.80. The number of anilines is 1. The molecule has 1 heterocycles. The first-order valence-electron chi connectivity index (χ1n) is 5.74. The van der Waals surface area contributed by atoms with Gasteiger partial charge in [0.05, 0.1) is 6.07 Å². The van der Waals surface area contributed by atoms with Gasteiger partial charge in [-0.15, -0.1) is 4.39 Å². The number of nitrogens with two attached hydrogens (primary N) is 1. The molecule has 2 aromatic rings. The van der Waals surface area contributed by atoms with Gasteiger partial charge in [0.15, 0.2) is 12.7 Å². The topological polar surface area (TPSA) is 29.9 Å². The van der Waals surface area contributed by atoms with Gasteiger partial charge in [0, 0.05) is 18.2 Å². The zero-order valence-electron chi connectivity index (χ0n) is 9.64. The van der Waals surface area contributed by atoms with Gasteiger partial charge >= 0.3 is 5.95 Å². The fourth-order valence-corrected chi connectivity index (χ4v) is 1.80. The summed E-state index contributed by atoms with van der Waals surface area (Å²) in [5.41, 5.74) is 7.24. The zero-order chi connectivity index (χ0) is 12.1. The van der Waals surface area contributed by atoms with Crippen molar-refractivity contribution in [1.82, 2.24) is 0 Å². The molecule has 0 unspecified atom stereocenters. The van der Waals surface area contributed by atoms with E-state index in [9.17, 15) is 4.39 Å². The third-order valence-electron chi connectivity index (χ3n) is 2.71. The van der Waals surface area contributed by atoms with Crippen molar-refractivity contribution in [1.29, 1.82) is 0 Å². The van der Waals surface area contributed by atoms with Gasteiger partial charge in [0.1, 0.15) is 0 Å². The van der Waals surface area contributed by atoms with Crippen LogP contribution >= 0.6 is 0 Å². The van der Waals surface area contributed by atoms with Crippen molar-refractivity contribution >= 4 is 5.69 Å².